The van der Waals surface area contributed by atoms with Crippen molar-refractivity contribution in [2.24, 2.45) is 9.81 Å². The Bertz CT molecular complexity index is 625. The number of rotatable bonds is 0. The van der Waals surface area contributed by atoms with Gasteiger partial charge < -0.3 is 0 Å². The normalized spacial score (nSPS) is 17.8. The predicted octanol–water partition coefficient (Wildman–Crippen LogP) is 3.19. The van der Waals surface area contributed by atoms with Crippen LogP contribution in [0.4, 0.5) is 0 Å². The van der Waals surface area contributed by atoms with Gasteiger partial charge in [0.1, 0.15) is 4.90 Å². The van der Waals surface area contributed by atoms with Gasteiger partial charge in [0.25, 0.3) is 10.0 Å². The predicted molar refractivity (Wildman–Crippen MR) is 69.4 cm³/mol. The van der Waals surface area contributed by atoms with E-state index >= 15 is 0 Å². The standard InChI is InChI=1S/C12H14ClNO2S/c1-7-5-6-8(13)9-10(7)17(15,16)14-11(9)12(2,3)4/h5-6H,1-4H3. The van der Waals surface area contributed by atoms with E-state index in [-0.39, 0.29) is 10.3 Å². The third kappa shape index (κ3) is 1.89. The highest BCUT2D eigenvalue weighted by Gasteiger charge is 2.37. The van der Waals surface area contributed by atoms with Gasteiger partial charge in [-0.3, -0.25) is 0 Å². The molecule has 0 atom stereocenters. The van der Waals surface area contributed by atoms with Crippen LogP contribution in [0.25, 0.3) is 0 Å². The molecule has 0 saturated heterocycles. The lowest BCUT2D eigenvalue weighted by Crippen LogP contribution is -2.20. The second kappa shape index (κ2) is 3.56. The Morgan fingerprint density at radius 1 is 1.24 bits per heavy atom. The van der Waals surface area contributed by atoms with Crippen molar-refractivity contribution in [3.8, 4) is 0 Å². The van der Waals surface area contributed by atoms with Crippen molar-refractivity contribution in [2.75, 3.05) is 0 Å². The summed E-state index contributed by atoms with van der Waals surface area (Å²) in [6, 6.07) is 3.43. The molecule has 3 nitrogen and oxygen atoms in total. The third-order valence-corrected chi connectivity index (χ3v) is 4.50. The molecule has 0 unspecified atom stereocenters. The Hall–Kier alpha value is -0.870. The fraction of sp³-hybridized carbons (Fsp3) is 0.417. The molecule has 1 aromatic carbocycles. The molecule has 0 fully saturated rings. The molecular formula is C12H14ClNO2S. The highest BCUT2D eigenvalue weighted by molar-refractivity contribution is 7.90. The molecule has 0 bridgehead atoms. The zero-order valence-electron chi connectivity index (χ0n) is 10.2. The Morgan fingerprint density at radius 2 is 1.82 bits per heavy atom. The summed E-state index contributed by atoms with van der Waals surface area (Å²) < 4.78 is 28.0. The molecule has 1 aliphatic heterocycles. The lowest BCUT2D eigenvalue weighted by Gasteiger charge is -2.19. The topological polar surface area (TPSA) is 46.5 Å². The number of hydrogen-bond donors (Lipinski definition) is 0. The van der Waals surface area contributed by atoms with Gasteiger partial charge in [-0.1, -0.05) is 38.4 Å². The molecule has 5 heteroatoms. The summed E-state index contributed by atoms with van der Waals surface area (Å²) in [5.74, 6) is 0. The molecule has 17 heavy (non-hydrogen) atoms. The van der Waals surface area contributed by atoms with Crippen LogP contribution in [0.15, 0.2) is 21.4 Å². The first-order valence-corrected chi connectivity index (χ1v) is 7.11. The molecule has 0 radical (unpaired) electrons. The third-order valence-electron chi connectivity index (χ3n) is 2.72. The Labute approximate surface area is 107 Å². The number of nitrogens with zero attached hydrogens (tertiary/aromatic N) is 1. The zero-order chi connectivity index (χ0) is 13.0. The minimum atomic E-state index is -3.59. The van der Waals surface area contributed by atoms with E-state index in [1.165, 1.54) is 0 Å². The second-order valence-electron chi connectivity index (χ2n) is 5.23. The fourth-order valence-corrected chi connectivity index (χ4v) is 3.88. The summed E-state index contributed by atoms with van der Waals surface area (Å²) in [5.41, 5.74) is 1.45. The number of aryl methyl sites for hydroxylation is 1. The molecule has 0 spiro atoms. The van der Waals surface area contributed by atoms with Crippen LogP contribution >= 0.6 is 11.6 Å². The fourth-order valence-electron chi connectivity index (χ4n) is 1.94. The maximum Gasteiger partial charge on any atom is 0.283 e. The van der Waals surface area contributed by atoms with Crippen LogP contribution in [-0.2, 0) is 10.0 Å². The smallest absolute Gasteiger partial charge is 0.199 e. The van der Waals surface area contributed by atoms with Gasteiger partial charge in [0.15, 0.2) is 0 Å². The molecule has 1 heterocycles. The minimum absolute atomic E-state index is 0.259. The van der Waals surface area contributed by atoms with E-state index in [2.05, 4.69) is 4.40 Å². The maximum absolute atomic E-state index is 12.0. The monoisotopic (exact) mass is 271 g/mol. The second-order valence-corrected chi connectivity index (χ2v) is 7.18. The van der Waals surface area contributed by atoms with Gasteiger partial charge in [-0.15, -0.1) is 0 Å². The number of sulfonamides is 1. The average molecular weight is 272 g/mol. The lowest BCUT2D eigenvalue weighted by atomic mass is 9.85. The number of hydrogen-bond acceptors (Lipinski definition) is 2. The molecule has 0 aliphatic carbocycles. The van der Waals surface area contributed by atoms with Crippen molar-refractivity contribution in [3.05, 3.63) is 28.3 Å². The van der Waals surface area contributed by atoms with Crippen LogP contribution in [-0.4, -0.2) is 14.1 Å². The van der Waals surface area contributed by atoms with E-state index in [0.29, 0.717) is 21.9 Å². The van der Waals surface area contributed by atoms with Crippen molar-refractivity contribution in [1.82, 2.24) is 0 Å². The van der Waals surface area contributed by atoms with Crippen LogP contribution in [0.2, 0.25) is 5.02 Å². The van der Waals surface area contributed by atoms with Crippen molar-refractivity contribution in [3.63, 3.8) is 0 Å². The van der Waals surface area contributed by atoms with Crippen LogP contribution in [0.1, 0.15) is 31.9 Å². The SMILES string of the molecule is Cc1ccc(Cl)c2c1S(=O)(=O)N=C2C(C)(C)C. The molecular weight excluding hydrogens is 258 g/mol. The Morgan fingerprint density at radius 3 is 2.35 bits per heavy atom. The van der Waals surface area contributed by atoms with E-state index in [4.69, 9.17) is 11.6 Å². The summed E-state index contributed by atoms with van der Waals surface area (Å²) in [6.45, 7) is 7.53. The summed E-state index contributed by atoms with van der Waals surface area (Å²) in [7, 11) is -3.59. The Balaban J connectivity index is 2.89. The van der Waals surface area contributed by atoms with Gasteiger partial charge in [0.2, 0.25) is 0 Å². The molecule has 0 saturated carbocycles. The largest absolute Gasteiger partial charge is 0.283 e. The molecule has 0 amide bonds. The number of halogens is 1. The first-order valence-electron chi connectivity index (χ1n) is 5.29. The first kappa shape index (κ1) is 12.6. The molecule has 1 aromatic rings. The summed E-state index contributed by atoms with van der Waals surface area (Å²) in [6.07, 6.45) is 0. The van der Waals surface area contributed by atoms with Crippen molar-refractivity contribution in [1.29, 1.82) is 0 Å². The number of benzene rings is 1. The molecule has 0 aromatic heterocycles. The minimum Gasteiger partial charge on any atom is -0.199 e. The van der Waals surface area contributed by atoms with Gasteiger partial charge in [-0.05, 0) is 18.6 Å². The van der Waals surface area contributed by atoms with E-state index in [9.17, 15) is 8.42 Å². The quantitative estimate of drug-likeness (QED) is 0.727. The first-order chi connectivity index (χ1) is 7.64. The number of fused-ring (bicyclic) bond motifs is 1. The van der Waals surface area contributed by atoms with Crippen LogP contribution in [0.3, 0.4) is 0 Å². The van der Waals surface area contributed by atoms with E-state index in [1.54, 1.807) is 19.1 Å². The summed E-state index contributed by atoms with van der Waals surface area (Å²) in [5, 5.41) is 0.445. The van der Waals surface area contributed by atoms with Gasteiger partial charge in [0, 0.05) is 11.0 Å². The lowest BCUT2D eigenvalue weighted by molar-refractivity contribution is 0.589. The van der Waals surface area contributed by atoms with Gasteiger partial charge in [0.05, 0.1) is 10.7 Å². The maximum atomic E-state index is 12.0. The van der Waals surface area contributed by atoms with E-state index in [0.717, 1.165) is 0 Å². The van der Waals surface area contributed by atoms with Gasteiger partial charge in [-0.2, -0.15) is 12.8 Å². The van der Waals surface area contributed by atoms with Crippen molar-refractivity contribution < 1.29 is 8.42 Å². The van der Waals surface area contributed by atoms with Crippen LogP contribution in [0.5, 0.6) is 0 Å². The van der Waals surface area contributed by atoms with Gasteiger partial charge in [-0.25, -0.2) is 0 Å². The van der Waals surface area contributed by atoms with Crippen molar-refractivity contribution in [2.45, 2.75) is 32.6 Å². The average Bonchev–Trinajstić information content (AvgIpc) is 2.45. The van der Waals surface area contributed by atoms with E-state index in [1.807, 2.05) is 20.8 Å². The highest BCUT2D eigenvalue weighted by atomic mass is 35.5. The summed E-state index contributed by atoms with van der Waals surface area (Å²) in [4.78, 5) is 0.259. The van der Waals surface area contributed by atoms with Crippen molar-refractivity contribution >= 4 is 27.3 Å². The molecule has 1 aliphatic rings. The molecule has 2 rings (SSSR count). The molecule has 92 valence electrons. The molecule has 0 N–H and O–H groups in total. The van der Waals surface area contributed by atoms with Crippen LogP contribution in [0, 0.1) is 12.3 Å². The van der Waals surface area contributed by atoms with Crippen LogP contribution < -0.4 is 0 Å². The zero-order valence-corrected chi connectivity index (χ0v) is 11.8. The van der Waals surface area contributed by atoms with E-state index < -0.39 is 10.0 Å². The summed E-state index contributed by atoms with van der Waals surface area (Å²) >= 11 is 6.12. The van der Waals surface area contributed by atoms with Gasteiger partial charge >= 0.3 is 0 Å². The highest BCUT2D eigenvalue weighted by Crippen LogP contribution is 2.39. The Kier molecular flexibility index (Phi) is 2.64.